The molecule has 0 saturated heterocycles. The number of hydrogen-bond acceptors (Lipinski definition) is 5. The predicted molar refractivity (Wildman–Crippen MR) is 83.7 cm³/mol. The zero-order valence-corrected chi connectivity index (χ0v) is 13.0. The van der Waals surface area contributed by atoms with Crippen LogP contribution >= 0.6 is 0 Å². The quantitative estimate of drug-likeness (QED) is 0.658. The van der Waals surface area contributed by atoms with Crippen molar-refractivity contribution >= 4 is 23.3 Å². The van der Waals surface area contributed by atoms with Gasteiger partial charge in [-0.25, -0.2) is 4.79 Å². The Morgan fingerprint density at radius 2 is 1.78 bits per heavy atom. The largest absolute Gasteiger partial charge is 0.501 e. The van der Waals surface area contributed by atoms with Gasteiger partial charge in [0.25, 0.3) is 0 Å². The molecule has 0 aliphatic carbocycles. The van der Waals surface area contributed by atoms with E-state index in [1.807, 2.05) is 0 Å². The van der Waals surface area contributed by atoms with Crippen molar-refractivity contribution in [2.45, 2.75) is 26.9 Å². The van der Waals surface area contributed by atoms with Crippen molar-refractivity contribution in [1.29, 1.82) is 0 Å². The lowest BCUT2D eigenvalue weighted by Crippen LogP contribution is -2.10. The SMILES string of the molecule is CC(=O)Nc1ccc(C2OC(=O)C(O)=C2C(=O)C=C(C)C)cc1. The number of benzene rings is 1. The minimum Gasteiger partial charge on any atom is -0.501 e. The van der Waals surface area contributed by atoms with Gasteiger partial charge in [-0.15, -0.1) is 0 Å². The second-order valence-corrected chi connectivity index (χ2v) is 5.44. The fraction of sp³-hybridized carbons (Fsp3) is 0.235. The van der Waals surface area contributed by atoms with Gasteiger partial charge < -0.3 is 15.2 Å². The lowest BCUT2D eigenvalue weighted by molar-refractivity contribution is -0.142. The van der Waals surface area contributed by atoms with Gasteiger partial charge in [0, 0.05) is 12.6 Å². The number of carbonyl (C=O) groups is 3. The number of cyclic esters (lactones) is 1. The average Bonchev–Trinajstić information content (AvgIpc) is 2.74. The van der Waals surface area contributed by atoms with Crippen molar-refractivity contribution in [3.8, 4) is 0 Å². The number of esters is 1. The van der Waals surface area contributed by atoms with E-state index in [4.69, 9.17) is 4.74 Å². The molecule has 1 amide bonds. The zero-order valence-electron chi connectivity index (χ0n) is 13.0. The van der Waals surface area contributed by atoms with Crippen LogP contribution in [0.1, 0.15) is 32.4 Å². The van der Waals surface area contributed by atoms with Gasteiger partial charge in [-0.05, 0) is 37.6 Å². The van der Waals surface area contributed by atoms with E-state index in [1.165, 1.54) is 13.0 Å². The first-order chi connectivity index (χ1) is 10.8. The van der Waals surface area contributed by atoms with Crippen molar-refractivity contribution in [3.63, 3.8) is 0 Å². The van der Waals surface area contributed by atoms with E-state index in [1.54, 1.807) is 38.1 Å². The molecule has 120 valence electrons. The number of allylic oxidation sites excluding steroid dienone is 2. The summed E-state index contributed by atoms with van der Waals surface area (Å²) in [5.74, 6) is -2.26. The molecule has 1 aromatic rings. The van der Waals surface area contributed by atoms with E-state index in [0.717, 1.165) is 5.57 Å². The number of anilines is 1. The molecule has 0 aromatic heterocycles. The summed E-state index contributed by atoms with van der Waals surface area (Å²) in [7, 11) is 0. The van der Waals surface area contributed by atoms with Crippen LogP contribution < -0.4 is 5.32 Å². The summed E-state index contributed by atoms with van der Waals surface area (Å²) in [6.07, 6.45) is 0.378. The Morgan fingerprint density at radius 1 is 1.17 bits per heavy atom. The normalized spacial score (nSPS) is 16.8. The smallest absolute Gasteiger partial charge is 0.374 e. The lowest BCUT2D eigenvalue weighted by atomic mass is 9.97. The summed E-state index contributed by atoms with van der Waals surface area (Å²) in [5.41, 5.74) is 1.77. The van der Waals surface area contributed by atoms with Crippen LogP contribution in [-0.4, -0.2) is 22.8 Å². The van der Waals surface area contributed by atoms with Crippen LogP contribution in [-0.2, 0) is 19.1 Å². The standard InChI is InChI=1S/C17H17NO5/c1-9(2)8-13(20)14-15(21)17(22)23-16(14)11-4-6-12(7-5-11)18-10(3)19/h4-8,16,21H,1-3H3,(H,18,19). The number of aliphatic hydroxyl groups is 1. The van der Waals surface area contributed by atoms with E-state index in [0.29, 0.717) is 11.3 Å². The third kappa shape index (κ3) is 3.66. The molecule has 1 atom stereocenters. The van der Waals surface area contributed by atoms with Crippen LogP contribution in [0.15, 0.2) is 47.2 Å². The van der Waals surface area contributed by atoms with Gasteiger partial charge in [-0.1, -0.05) is 17.7 Å². The summed E-state index contributed by atoms with van der Waals surface area (Å²) in [6.45, 7) is 4.87. The number of carbonyl (C=O) groups excluding carboxylic acids is 3. The number of aliphatic hydroxyl groups excluding tert-OH is 1. The number of rotatable bonds is 4. The topological polar surface area (TPSA) is 92.7 Å². The van der Waals surface area contributed by atoms with Crippen LogP contribution in [0.5, 0.6) is 0 Å². The maximum Gasteiger partial charge on any atom is 0.374 e. The number of amides is 1. The first-order valence-corrected chi connectivity index (χ1v) is 7.00. The van der Waals surface area contributed by atoms with Crippen LogP contribution in [0.2, 0.25) is 0 Å². The van der Waals surface area contributed by atoms with Crippen LogP contribution in [0.3, 0.4) is 0 Å². The average molecular weight is 315 g/mol. The lowest BCUT2D eigenvalue weighted by Gasteiger charge is -2.13. The maximum absolute atomic E-state index is 12.2. The molecular weight excluding hydrogens is 298 g/mol. The second kappa shape index (κ2) is 6.48. The van der Waals surface area contributed by atoms with E-state index in [2.05, 4.69) is 5.32 Å². The molecule has 6 heteroatoms. The van der Waals surface area contributed by atoms with E-state index in [9.17, 15) is 19.5 Å². The molecule has 23 heavy (non-hydrogen) atoms. The minimum absolute atomic E-state index is 0.0801. The van der Waals surface area contributed by atoms with Crippen molar-refractivity contribution in [2.75, 3.05) is 5.32 Å². The first kappa shape index (κ1) is 16.5. The summed E-state index contributed by atoms with van der Waals surface area (Å²) in [6, 6.07) is 6.50. The van der Waals surface area contributed by atoms with Gasteiger partial charge in [-0.2, -0.15) is 0 Å². The highest BCUT2D eigenvalue weighted by Crippen LogP contribution is 2.35. The van der Waals surface area contributed by atoms with Gasteiger partial charge >= 0.3 is 5.97 Å². The predicted octanol–water partition coefficient (Wildman–Crippen LogP) is 2.59. The van der Waals surface area contributed by atoms with Gasteiger partial charge in [0.1, 0.15) is 0 Å². The molecule has 1 aromatic carbocycles. The van der Waals surface area contributed by atoms with E-state index >= 15 is 0 Å². The molecule has 0 bridgehead atoms. The van der Waals surface area contributed by atoms with Gasteiger partial charge in [0.05, 0.1) is 5.57 Å². The van der Waals surface area contributed by atoms with Crippen LogP contribution in [0.25, 0.3) is 0 Å². The summed E-state index contributed by atoms with van der Waals surface area (Å²) >= 11 is 0. The van der Waals surface area contributed by atoms with Crippen molar-refractivity contribution < 1.29 is 24.2 Å². The third-order valence-electron chi connectivity index (χ3n) is 3.15. The summed E-state index contributed by atoms with van der Waals surface area (Å²) < 4.78 is 5.10. The Balaban J connectivity index is 2.34. The molecule has 1 aliphatic rings. The molecule has 2 rings (SSSR count). The first-order valence-electron chi connectivity index (χ1n) is 7.00. The van der Waals surface area contributed by atoms with Crippen molar-refractivity contribution in [1.82, 2.24) is 0 Å². The number of ether oxygens (including phenoxy) is 1. The molecule has 1 aliphatic heterocycles. The Labute approximate surface area is 133 Å². The highest BCUT2D eigenvalue weighted by atomic mass is 16.6. The summed E-state index contributed by atoms with van der Waals surface area (Å²) in [4.78, 5) is 34.8. The Kier molecular flexibility index (Phi) is 4.64. The molecule has 1 heterocycles. The minimum atomic E-state index is -0.961. The van der Waals surface area contributed by atoms with Crippen molar-refractivity contribution in [2.24, 2.45) is 0 Å². The Bertz CT molecular complexity index is 724. The highest BCUT2D eigenvalue weighted by molar-refractivity contribution is 6.11. The monoisotopic (exact) mass is 315 g/mol. The molecule has 6 nitrogen and oxygen atoms in total. The molecule has 1 unspecified atom stereocenters. The zero-order chi connectivity index (χ0) is 17.1. The highest BCUT2D eigenvalue weighted by Gasteiger charge is 2.38. The van der Waals surface area contributed by atoms with E-state index in [-0.39, 0.29) is 11.5 Å². The fourth-order valence-corrected chi connectivity index (χ4v) is 2.22. The molecule has 0 spiro atoms. The fourth-order valence-electron chi connectivity index (χ4n) is 2.22. The van der Waals surface area contributed by atoms with Crippen LogP contribution in [0.4, 0.5) is 5.69 Å². The molecular formula is C17H17NO5. The van der Waals surface area contributed by atoms with Gasteiger partial charge in [-0.3, -0.25) is 9.59 Å². The third-order valence-corrected chi connectivity index (χ3v) is 3.15. The Morgan fingerprint density at radius 3 is 2.30 bits per heavy atom. The second-order valence-electron chi connectivity index (χ2n) is 5.44. The van der Waals surface area contributed by atoms with Crippen LogP contribution in [0, 0.1) is 0 Å². The number of ketones is 1. The van der Waals surface area contributed by atoms with Gasteiger partial charge in [0.2, 0.25) is 11.7 Å². The molecule has 0 fully saturated rings. The number of hydrogen-bond donors (Lipinski definition) is 2. The maximum atomic E-state index is 12.2. The van der Waals surface area contributed by atoms with E-state index < -0.39 is 23.6 Å². The summed E-state index contributed by atoms with van der Waals surface area (Å²) in [5, 5.41) is 12.5. The number of nitrogens with one attached hydrogen (secondary N) is 1. The molecule has 0 saturated carbocycles. The van der Waals surface area contributed by atoms with Crippen molar-refractivity contribution in [3.05, 3.63) is 52.8 Å². The van der Waals surface area contributed by atoms with Gasteiger partial charge in [0.15, 0.2) is 11.9 Å². The Hall–Kier alpha value is -2.89. The molecule has 2 N–H and O–H groups in total. The molecule has 0 radical (unpaired) electrons.